The lowest BCUT2D eigenvalue weighted by atomic mass is 10.2. The Morgan fingerprint density at radius 2 is 1.78 bits per heavy atom. The van der Waals surface area contributed by atoms with E-state index in [1.165, 1.54) is 6.92 Å². The van der Waals surface area contributed by atoms with E-state index >= 15 is 0 Å². The predicted molar refractivity (Wildman–Crippen MR) is 85.7 cm³/mol. The molecular weight excluding hydrogens is 296 g/mol. The minimum absolute atomic E-state index is 0.265. The fraction of sp³-hybridized carbons (Fsp3) is 0.312. The molecule has 0 radical (unpaired) electrons. The van der Waals surface area contributed by atoms with Gasteiger partial charge in [0.1, 0.15) is 6.04 Å². The van der Waals surface area contributed by atoms with Crippen LogP contribution in [0.4, 0.5) is 5.95 Å². The van der Waals surface area contributed by atoms with Gasteiger partial charge in [0.2, 0.25) is 5.95 Å². The van der Waals surface area contributed by atoms with Crippen molar-refractivity contribution in [3.63, 3.8) is 0 Å². The number of aromatic nitrogens is 2. The molecule has 4 N–H and O–H groups in total. The zero-order valence-corrected chi connectivity index (χ0v) is 12.8. The van der Waals surface area contributed by atoms with Crippen molar-refractivity contribution in [1.82, 2.24) is 15.3 Å². The molecule has 0 aliphatic rings. The number of aliphatic carboxylic acids is 1. The van der Waals surface area contributed by atoms with Crippen molar-refractivity contribution < 1.29 is 15.0 Å². The number of anilines is 1. The van der Waals surface area contributed by atoms with Crippen molar-refractivity contribution in [3.05, 3.63) is 53.9 Å². The Hall–Kier alpha value is -2.51. The first-order valence-corrected chi connectivity index (χ1v) is 7.29. The van der Waals surface area contributed by atoms with Crippen molar-refractivity contribution in [1.29, 1.82) is 0 Å². The SMILES string of the molecule is C[C@H](O)[C@@H](NCc1cnc(NCc2ccccc2)nc1)C(=O)O. The average molecular weight is 316 g/mol. The van der Waals surface area contributed by atoms with Gasteiger partial charge in [0.15, 0.2) is 0 Å². The summed E-state index contributed by atoms with van der Waals surface area (Å²) in [6.07, 6.45) is 2.25. The Kier molecular flexibility index (Phi) is 6.02. The number of aliphatic hydroxyl groups excluding tert-OH is 1. The molecule has 0 unspecified atom stereocenters. The Bertz CT molecular complexity index is 617. The van der Waals surface area contributed by atoms with E-state index in [0.29, 0.717) is 12.5 Å². The second-order valence-corrected chi connectivity index (χ2v) is 5.19. The van der Waals surface area contributed by atoms with E-state index in [-0.39, 0.29) is 6.54 Å². The zero-order valence-electron chi connectivity index (χ0n) is 12.8. The van der Waals surface area contributed by atoms with Crippen LogP contribution in [0.1, 0.15) is 18.1 Å². The molecule has 122 valence electrons. The van der Waals surface area contributed by atoms with Crippen LogP contribution in [0.3, 0.4) is 0 Å². The predicted octanol–water partition coefficient (Wildman–Crippen LogP) is 1.01. The molecule has 0 saturated carbocycles. The molecule has 0 amide bonds. The van der Waals surface area contributed by atoms with E-state index in [0.717, 1.165) is 11.1 Å². The third-order valence-electron chi connectivity index (χ3n) is 3.27. The summed E-state index contributed by atoms with van der Waals surface area (Å²) in [7, 11) is 0. The van der Waals surface area contributed by atoms with E-state index in [9.17, 15) is 9.90 Å². The van der Waals surface area contributed by atoms with Gasteiger partial charge < -0.3 is 15.5 Å². The number of aliphatic hydroxyl groups is 1. The lowest BCUT2D eigenvalue weighted by Crippen LogP contribution is -2.44. The summed E-state index contributed by atoms with van der Waals surface area (Å²) >= 11 is 0. The summed E-state index contributed by atoms with van der Waals surface area (Å²) in [6.45, 7) is 2.32. The Morgan fingerprint density at radius 3 is 2.35 bits per heavy atom. The molecule has 0 spiro atoms. The van der Waals surface area contributed by atoms with Crippen LogP contribution in [0.25, 0.3) is 0 Å². The quantitative estimate of drug-likeness (QED) is 0.576. The van der Waals surface area contributed by atoms with Crippen molar-refractivity contribution in [2.75, 3.05) is 5.32 Å². The van der Waals surface area contributed by atoms with Gasteiger partial charge in [-0.3, -0.25) is 10.1 Å². The van der Waals surface area contributed by atoms with Gasteiger partial charge in [-0.05, 0) is 12.5 Å². The maximum Gasteiger partial charge on any atom is 0.323 e. The Morgan fingerprint density at radius 1 is 1.13 bits per heavy atom. The second kappa shape index (κ2) is 8.21. The first-order valence-electron chi connectivity index (χ1n) is 7.29. The van der Waals surface area contributed by atoms with Crippen LogP contribution in [-0.4, -0.2) is 38.3 Å². The van der Waals surface area contributed by atoms with Gasteiger partial charge >= 0.3 is 5.97 Å². The fourth-order valence-electron chi connectivity index (χ4n) is 2.01. The van der Waals surface area contributed by atoms with Crippen molar-refractivity contribution >= 4 is 11.9 Å². The number of nitrogens with zero attached hydrogens (tertiary/aromatic N) is 2. The molecule has 1 aromatic heterocycles. The molecule has 23 heavy (non-hydrogen) atoms. The molecule has 0 bridgehead atoms. The lowest BCUT2D eigenvalue weighted by molar-refractivity contribution is -0.142. The molecule has 0 fully saturated rings. The van der Waals surface area contributed by atoms with E-state index in [4.69, 9.17) is 5.11 Å². The van der Waals surface area contributed by atoms with Gasteiger partial charge in [-0.25, -0.2) is 9.97 Å². The highest BCUT2D eigenvalue weighted by atomic mass is 16.4. The summed E-state index contributed by atoms with van der Waals surface area (Å²) in [5.41, 5.74) is 1.87. The molecule has 2 aromatic rings. The molecule has 7 heteroatoms. The molecular formula is C16H20N4O3. The van der Waals surface area contributed by atoms with Gasteiger partial charge in [-0.2, -0.15) is 0 Å². The third kappa shape index (κ3) is 5.32. The first kappa shape index (κ1) is 16.9. The third-order valence-corrected chi connectivity index (χ3v) is 3.27. The molecule has 2 atom stereocenters. The summed E-state index contributed by atoms with van der Waals surface area (Å²) in [6, 6.07) is 8.88. The van der Waals surface area contributed by atoms with E-state index < -0.39 is 18.1 Å². The highest BCUT2D eigenvalue weighted by Gasteiger charge is 2.22. The van der Waals surface area contributed by atoms with Crippen molar-refractivity contribution in [2.24, 2.45) is 0 Å². The number of benzene rings is 1. The fourth-order valence-corrected chi connectivity index (χ4v) is 2.01. The van der Waals surface area contributed by atoms with Crippen LogP contribution in [0, 0.1) is 0 Å². The molecule has 1 heterocycles. The minimum Gasteiger partial charge on any atom is -0.480 e. The van der Waals surface area contributed by atoms with Crippen LogP contribution in [-0.2, 0) is 17.9 Å². The molecule has 0 aliphatic heterocycles. The van der Waals surface area contributed by atoms with Crippen LogP contribution >= 0.6 is 0 Å². The molecule has 0 aliphatic carbocycles. The highest BCUT2D eigenvalue weighted by Crippen LogP contribution is 2.05. The number of rotatable bonds is 8. The number of hydrogen-bond acceptors (Lipinski definition) is 6. The standard InChI is InChI=1S/C16H20N4O3/c1-11(21)14(15(22)23)17-8-13-9-19-16(20-10-13)18-7-12-5-3-2-4-6-12/h2-6,9-11,14,17,21H,7-8H2,1H3,(H,22,23)(H,18,19,20)/t11-,14+/m0/s1. The maximum atomic E-state index is 11.0. The van der Waals surface area contributed by atoms with Gasteiger partial charge in [0.05, 0.1) is 6.10 Å². The summed E-state index contributed by atoms with van der Waals surface area (Å²) in [5.74, 6) is -0.593. The van der Waals surface area contributed by atoms with Crippen LogP contribution in [0.2, 0.25) is 0 Å². The normalized spacial score (nSPS) is 13.3. The van der Waals surface area contributed by atoms with Gasteiger partial charge in [0, 0.05) is 31.0 Å². The molecule has 0 saturated heterocycles. The largest absolute Gasteiger partial charge is 0.480 e. The van der Waals surface area contributed by atoms with Crippen molar-refractivity contribution in [3.8, 4) is 0 Å². The van der Waals surface area contributed by atoms with Gasteiger partial charge in [-0.1, -0.05) is 30.3 Å². The zero-order chi connectivity index (χ0) is 16.7. The summed E-state index contributed by atoms with van der Waals surface area (Å²) < 4.78 is 0. The van der Waals surface area contributed by atoms with Crippen LogP contribution in [0.5, 0.6) is 0 Å². The van der Waals surface area contributed by atoms with Crippen molar-refractivity contribution in [2.45, 2.75) is 32.2 Å². The smallest absolute Gasteiger partial charge is 0.323 e. The number of carboxylic acids is 1. The Labute approximate surface area is 134 Å². The van der Waals surface area contributed by atoms with Gasteiger partial charge in [-0.15, -0.1) is 0 Å². The first-order chi connectivity index (χ1) is 11.1. The molecule has 7 nitrogen and oxygen atoms in total. The topological polar surface area (TPSA) is 107 Å². The highest BCUT2D eigenvalue weighted by molar-refractivity contribution is 5.74. The minimum atomic E-state index is -1.10. The number of carboxylic acid groups (broad SMARTS) is 1. The van der Waals surface area contributed by atoms with E-state index in [1.807, 2.05) is 30.3 Å². The number of nitrogens with one attached hydrogen (secondary N) is 2. The number of carbonyl (C=O) groups is 1. The monoisotopic (exact) mass is 316 g/mol. The van der Waals surface area contributed by atoms with Crippen LogP contribution in [0.15, 0.2) is 42.7 Å². The van der Waals surface area contributed by atoms with E-state index in [1.54, 1.807) is 12.4 Å². The average Bonchev–Trinajstić information content (AvgIpc) is 2.54. The maximum absolute atomic E-state index is 11.0. The molecule has 2 rings (SSSR count). The summed E-state index contributed by atoms with van der Waals surface area (Å²) in [4.78, 5) is 19.4. The number of hydrogen-bond donors (Lipinski definition) is 4. The second-order valence-electron chi connectivity index (χ2n) is 5.19. The molecule has 1 aromatic carbocycles. The van der Waals surface area contributed by atoms with Gasteiger partial charge in [0.25, 0.3) is 0 Å². The Balaban J connectivity index is 1.85. The van der Waals surface area contributed by atoms with E-state index in [2.05, 4.69) is 20.6 Å². The van der Waals surface area contributed by atoms with Crippen LogP contribution < -0.4 is 10.6 Å². The lowest BCUT2D eigenvalue weighted by Gasteiger charge is -2.16. The summed E-state index contributed by atoms with van der Waals surface area (Å²) in [5, 5.41) is 24.3.